The van der Waals surface area contributed by atoms with E-state index in [-0.39, 0.29) is 35.7 Å². The molecule has 3 aliphatic rings. The highest BCUT2D eigenvalue weighted by molar-refractivity contribution is 5.97. The molecule has 2 saturated carbocycles. The van der Waals surface area contributed by atoms with Gasteiger partial charge in [0.2, 0.25) is 5.91 Å². The van der Waals surface area contributed by atoms with Crippen LogP contribution in [-0.2, 0) is 14.3 Å². The maximum atomic E-state index is 12.6. The summed E-state index contributed by atoms with van der Waals surface area (Å²) in [5.74, 6) is -0.00162. The smallest absolute Gasteiger partial charge is 0.310 e. The standard InChI is InChI=1S/C16H17NO3/c1-8-4-2-3-5-11(8)17-15(18)13-9-6-10-12(7-9)20-16(19)14(10)13/h2-5,9-10,12-14H,6-7H2,1H3,(H,17,18)/t9-,10-,12-,13-,14+/m1/s1. The number of amides is 1. The topological polar surface area (TPSA) is 55.4 Å². The molecule has 104 valence electrons. The quantitative estimate of drug-likeness (QED) is 0.838. The monoisotopic (exact) mass is 271 g/mol. The molecule has 1 saturated heterocycles. The summed E-state index contributed by atoms with van der Waals surface area (Å²) in [6, 6.07) is 7.72. The van der Waals surface area contributed by atoms with E-state index >= 15 is 0 Å². The number of aryl methyl sites for hydroxylation is 1. The van der Waals surface area contributed by atoms with Crippen molar-refractivity contribution in [2.75, 3.05) is 5.32 Å². The number of carbonyl (C=O) groups excluding carboxylic acids is 2. The second kappa shape index (κ2) is 4.08. The number of benzene rings is 1. The molecule has 20 heavy (non-hydrogen) atoms. The predicted octanol–water partition coefficient (Wildman–Crippen LogP) is 2.13. The van der Waals surface area contributed by atoms with E-state index in [1.54, 1.807) is 0 Å². The van der Waals surface area contributed by atoms with E-state index in [0.29, 0.717) is 5.92 Å². The number of rotatable bonds is 2. The van der Waals surface area contributed by atoms with Crippen molar-refractivity contribution in [2.45, 2.75) is 25.9 Å². The first-order valence-electron chi connectivity index (χ1n) is 7.22. The lowest BCUT2D eigenvalue weighted by Crippen LogP contribution is -2.36. The Labute approximate surface area is 117 Å². The molecule has 1 aromatic rings. The van der Waals surface area contributed by atoms with Crippen LogP contribution in [0.3, 0.4) is 0 Å². The lowest BCUT2D eigenvalue weighted by Gasteiger charge is -2.23. The Bertz CT molecular complexity index is 595. The van der Waals surface area contributed by atoms with Gasteiger partial charge in [0, 0.05) is 11.6 Å². The van der Waals surface area contributed by atoms with Crippen molar-refractivity contribution in [3.05, 3.63) is 29.8 Å². The Balaban J connectivity index is 1.58. The zero-order chi connectivity index (χ0) is 13.9. The van der Waals surface area contributed by atoms with Gasteiger partial charge in [-0.05, 0) is 37.3 Å². The Morgan fingerprint density at radius 2 is 2.10 bits per heavy atom. The van der Waals surface area contributed by atoms with E-state index in [4.69, 9.17) is 4.74 Å². The summed E-state index contributed by atoms with van der Waals surface area (Å²) in [6.07, 6.45) is 1.91. The van der Waals surface area contributed by atoms with Crippen LogP contribution in [0.5, 0.6) is 0 Å². The Hall–Kier alpha value is -1.84. The molecule has 3 fully saturated rings. The summed E-state index contributed by atoms with van der Waals surface area (Å²) in [5.41, 5.74) is 1.87. The van der Waals surface area contributed by atoms with E-state index < -0.39 is 0 Å². The fourth-order valence-electron chi connectivity index (χ4n) is 4.29. The van der Waals surface area contributed by atoms with Crippen LogP contribution < -0.4 is 5.32 Å². The van der Waals surface area contributed by atoms with Crippen molar-refractivity contribution in [1.82, 2.24) is 0 Å². The van der Waals surface area contributed by atoms with Crippen molar-refractivity contribution >= 4 is 17.6 Å². The third kappa shape index (κ3) is 1.54. The number of para-hydroxylation sites is 1. The molecule has 1 aromatic carbocycles. The van der Waals surface area contributed by atoms with Gasteiger partial charge in [-0.3, -0.25) is 9.59 Å². The fourth-order valence-corrected chi connectivity index (χ4v) is 4.29. The number of nitrogens with one attached hydrogen (secondary N) is 1. The number of ether oxygens (including phenoxy) is 1. The molecule has 4 rings (SSSR count). The van der Waals surface area contributed by atoms with Gasteiger partial charge in [0.05, 0.1) is 11.8 Å². The highest BCUT2D eigenvalue weighted by Crippen LogP contribution is 2.57. The van der Waals surface area contributed by atoms with Crippen LogP contribution in [0.15, 0.2) is 24.3 Å². The third-order valence-corrected chi connectivity index (χ3v) is 5.19. The minimum Gasteiger partial charge on any atom is -0.462 e. The molecule has 1 aliphatic heterocycles. The summed E-state index contributed by atoms with van der Waals surface area (Å²) in [7, 11) is 0. The van der Waals surface area contributed by atoms with Crippen LogP contribution >= 0.6 is 0 Å². The Morgan fingerprint density at radius 1 is 1.30 bits per heavy atom. The van der Waals surface area contributed by atoms with E-state index in [0.717, 1.165) is 24.1 Å². The minimum atomic E-state index is -0.206. The molecule has 0 spiro atoms. The molecular formula is C16H17NO3. The number of esters is 1. The van der Waals surface area contributed by atoms with Crippen LogP contribution in [0.4, 0.5) is 5.69 Å². The maximum Gasteiger partial charge on any atom is 0.310 e. The number of fused-ring (bicyclic) bond motifs is 1. The number of anilines is 1. The highest BCUT2D eigenvalue weighted by Gasteiger charge is 2.63. The third-order valence-electron chi connectivity index (χ3n) is 5.19. The molecule has 2 bridgehead atoms. The maximum absolute atomic E-state index is 12.6. The molecule has 1 heterocycles. The SMILES string of the molecule is Cc1ccccc1NC(=O)[C@@H]1[C@@H]2C[C@H]3[C@@H]1C(=O)O[C@@H]3C2. The molecule has 2 aliphatic carbocycles. The van der Waals surface area contributed by atoms with E-state index in [9.17, 15) is 9.59 Å². The summed E-state index contributed by atoms with van der Waals surface area (Å²) in [4.78, 5) is 24.5. The summed E-state index contributed by atoms with van der Waals surface area (Å²) < 4.78 is 5.37. The lowest BCUT2D eigenvalue weighted by atomic mass is 9.79. The molecule has 1 N–H and O–H groups in total. The second-order valence-corrected chi connectivity index (χ2v) is 6.23. The first-order chi connectivity index (χ1) is 9.65. The summed E-state index contributed by atoms with van der Waals surface area (Å²) >= 11 is 0. The van der Waals surface area contributed by atoms with Crippen molar-refractivity contribution < 1.29 is 14.3 Å². The Kier molecular flexibility index (Phi) is 2.43. The number of hydrogen-bond acceptors (Lipinski definition) is 3. The second-order valence-electron chi connectivity index (χ2n) is 6.23. The zero-order valence-corrected chi connectivity index (χ0v) is 11.3. The van der Waals surface area contributed by atoms with Gasteiger partial charge in [-0.2, -0.15) is 0 Å². The van der Waals surface area contributed by atoms with Crippen molar-refractivity contribution in [3.63, 3.8) is 0 Å². The zero-order valence-electron chi connectivity index (χ0n) is 11.3. The summed E-state index contributed by atoms with van der Waals surface area (Å²) in [6.45, 7) is 1.97. The molecule has 4 nitrogen and oxygen atoms in total. The molecule has 5 atom stereocenters. The van der Waals surface area contributed by atoms with E-state index in [1.165, 1.54) is 0 Å². The molecule has 4 heteroatoms. The van der Waals surface area contributed by atoms with Crippen LogP contribution in [0.1, 0.15) is 18.4 Å². The predicted molar refractivity (Wildman–Crippen MR) is 72.9 cm³/mol. The average Bonchev–Trinajstić information content (AvgIpc) is 3.02. The number of hydrogen-bond donors (Lipinski definition) is 1. The van der Waals surface area contributed by atoms with E-state index in [2.05, 4.69) is 5.32 Å². The number of carbonyl (C=O) groups is 2. The van der Waals surface area contributed by atoms with Crippen molar-refractivity contribution in [2.24, 2.45) is 23.7 Å². The summed E-state index contributed by atoms with van der Waals surface area (Å²) in [5, 5.41) is 2.99. The molecule has 0 radical (unpaired) electrons. The van der Waals surface area contributed by atoms with Gasteiger partial charge >= 0.3 is 5.97 Å². The normalized spacial score (nSPS) is 37.0. The molecule has 0 unspecified atom stereocenters. The minimum absolute atomic E-state index is 0.0194. The highest BCUT2D eigenvalue weighted by atomic mass is 16.6. The van der Waals surface area contributed by atoms with Gasteiger partial charge in [0.15, 0.2) is 0 Å². The van der Waals surface area contributed by atoms with Crippen molar-refractivity contribution in [1.29, 1.82) is 0 Å². The molecule has 1 amide bonds. The van der Waals surface area contributed by atoms with Gasteiger partial charge in [-0.15, -0.1) is 0 Å². The fraction of sp³-hybridized carbons (Fsp3) is 0.500. The van der Waals surface area contributed by atoms with Gasteiger partial charge in [-0.25, -0.2) is 0 Å². The van der Waals surface area contributed by atoms with Crippen LogP contribution in [0, 0.1) is 30.6 Å². The van der Waals surface area contributed by atoms with Gasteiger partial charge in [-0.1, -0.05) is 18.2 Å². The lowest BCUT2D eigenvalue weighted by molar-refractivity contribution is -0.145. The van der Waals surface area contributed by atoms with Gasteiger partial charge in [0.1, 0.15) is 6.10 Å². The molecule has 0 aromatic heterocycles. The largest absolute Gasteiger partial charge is 0.462 e. The van der Waals surface area contributed by atoms with Crippen LogP contribution in [0.25, 0.3) is 0 Å². The van der Waals surface area contributed by atoms with Crippen molar-refractivity contribution in [3.8, 4) is 0 Å². The first-order valence-corrected chi connectivity index (χ1v) is 7.22. The average molecular weight is 271 g/mol. The van der Waals surface area contributed by atoms with E-state index in [1.807, 2.05) is 31.2 Å². The Morgan fingerprint density at radius 3 is 2.90 bits per heavy atom. The first kappa shape index (κ1) is 11.9. The van der Waals surface area contributed by atoms with Gasteiger partial charge < -0.3 is 10.1 Å². The van der Waals surface area contributed by atoms with Crippen LogP contribution in [-0.4, -0.2) is 18.0 Å². The van der Waals surface area contributed by atoms with Gasteiger partial charge in [0.25, 0.3) is 0 Å². The van der Waals surface area contributed by atoms with Crippen LogP contribution in [0.2, 0.25) is 0 Å². The molecular weight excluding hydrogens is 254 g/mol.